The molecule has 2 heterocycles. The summed E-state index contributed by atoms with van der Waals surface area (Å²) in [6, 6.07) is 27.8. The number of nitrogens with zero attached hydrogens (tertiary/aromatic N) is 2. The Morgan fingerprint density at radius 1 is 0.911 bits per heavy atom. The van der Waals surface area contributed by atoms with Crippen LogP contribution in [0.15, 0.2) is 107 Å². The topological polar surface area (TPSA) is 127 Å². The van der Waals surface area contributed by atoms with E-state index in [1.165, 1.54) is 12.4 Å². The van der Waals surface area contributed by atoms with E-state index in [1.807, 2.05) is 60.7 Å². The van der Waals surface area contributed by atoms with Crippen molar-refractivity contribution >= 4 is 33.5 Å². The van der Waals surface area contributed by atoms with Crippen molar-refractivity contribution in [3.05, 3.63) is 124 Å². The Bertz CT molecular complexity index is 2030. The molecule has 0 radical (unpaired) electrons. The smallest absolute Gasteiger partial charge is 0.336 e. The van der Waals surface area contributed by atoms with Gasteiger partial charge in [-0.1, -0.05) is 66.2 Å². The van der Waals surface area contributed by atoms with Crippen LogP contribution in [0, 0.1) is 0 Å². The van der Waals surface area contributed by atoms with Crippen molar-refractivity contribution < 1.29 is 24.1 Å². The van der Waals surface area contributed by atoms with E-state index in [1.54, 1.807) is 31.2 Å². The third-order valence-corrected chi connectivity index (χ3v) is 7.82. The lowest BCUT2D eigenvalue weighted by Gasteiger charge is -2.27. The van der Waals surface area contributed by atoms with E-state index >= 15 is 0 Å². The van der Waals surface area contributed by atoms with Gasteiger partial charge >= 0.3 is 5.63 Å². The van der Waals surface area contributed by atoms with Crippen LogP contribution in [0.1, 0.15) is 18.1 Å². The first-order chi connectivity index (χ1) is 21.9. The Morgan fingerprint density at radius 2 is 1.71 bits per heavy atom. The van der Waals surface area contributed by atoms with Crippen molar-refractivity contribution in [2.45, 2.75) is 25.6 Å². The van der Waals surface area contributed by atoms with Crippen molar-refractivity contribution in [3.8, 4) is 28.5 Å². The van der Waals surface area contributed by atoms with Crippen LogP contribution in [0.5, 0.6) is 17.4 Å². The summed E-state index contributed by atoms with van der Waals surface area (Å²) in [6.07, 6.45) is 1.45. The molecule has 0 amide bonds. The van der Waals surface area contributed by atoms with Crippen molar-refractivity contribution in [1.29, 1.82) is 0 Å². The van der Waals surface area contributed by atoms with Gasteiger partial charge in [0.2, 0.25) is 5.88 Å². The number of nitrogens with one attached hydrogen (secondary N) is 1. The van der Waals surface area contributed by atoms with Gasteiger partial charge in [0.15, 0.2) is 5.75 Å². The molecule has 0 fully saturated rings. The van der Waals surface area contributed by atoms with Crippen molar-refractivity contribution in [3.63, 3.8) is 0 Å². The molecule has 6 aromatic rings. The van der Waals surface area contributed by atoms with Gasteiger partial charge in [0, 0.05) is 35.2 Å². The van der Waals surface area contributed by atoms with Gasteiger partial charge in [0.05, 0.1) is 34.7 Å². The van der Waals surface area contributed by atoms with Crippen LogP contribution in [-0.4, -0.2) is 38.9 Å². The third-order valence-electron chi connectivity index (χ3n) is 7.52. The molecular formula is C35H30ClN3O6. The normalized spacial score (nSPS) is 11.6. The van der Waals surface area contributed by atoms with E-state index in [0.29, 0.717) is 38.9 Å². The van der Waals surface area contributed by atoms with Gasteiger partial charge in [-0.25, -0.2) is 14.8 Å². The number of ether oxygens (including phenoxy) is 2. The van der Waals surface area contributed by atoms with Crippen LogP contribution in [0.25, 0.3) is 33.0 Å². The highest BCUT2D eigenvalue weighted by atomic mass is 35.5. The number of hydrogen-bond acceptors (Lipinski definition) is 9. The lowest BCUT2D eigenvalue weighted by molar-refractivity contribution is 0.103. The Hall–Kier alpha value is -4.80. The van der Waals surface area contributed by atoms with Gasteiger partial charge in [-0.15, -0.1) is 0 Å². The molecular weight excluding hydrogens is 594 g/mol. The molecule has 0 aliphatic rings. The summed E-state index contributed by atoms with van der Waals surface area (Å²) in [5.74, 6) is 1.10. The summed E-state index contributed by atoms with van der Waals surface area (Å²) >= 11 is 6.75. The first kappa shape index (κ1) is 30.2. The SMILES string of the molecule is CC(CO)(CO)NCc1cc(Cl)c(Oc2ncnc3c(-c4ccccc4)cccc23)cc1OCc1ccc2ccc(=O)oc2c1. The number of aliphatic hydroxyl groups excluding tert-OH is 2. The molecule has 0 unspecified atom stereocenters. The number of halogens is 1. The fourth-order valence-electron chi connectivity index (χ4n) is 4.85. The van der Waals surface area contributed by atoms with Gasteiger partial charge in [-0.3, -0.25) is 0 Å². The largest absolute Gasteiger partial charge is 0.488 e. The van der Waals surface area contributed by atoms with Gasteiger partial charge in [0.25, 0.3) is 0 Å². The molecule has 0 aliphatic heterocycles. The fourth-order valence-corrected chi connectivity index (χ4v) is 5.08. The standard InChI is InChI=1S/C35H30ClN3O6/c1-35(19-40,20-41)39-17-25-15-28(36)31(16-29(25)43-18-22-10-11-24-12-13-32(42)44-30(24)14-22)45-34-27-9-5-8-26(33(27)37-21-38-34)23-6-3-2-4-7-23/h2-16,21,39-41H,17-20H2,1H3. The summed E-state index contributed by atoms with van der Waals surface area (Å²) in [5.41, 5.74) is 3.24. The highest BCUT2D eigenvalue weighted by molar-refractivity contribution is 6.32. The summed E-state index contributed by atoms with van der Waals surface area (Å²) in [5, 5.41) is 24.6. The monoisotopic (exact) mass is 623 g/mol. The van der Waals surface area contributed by atoms with E-state index in [4.69, 9.17) is 25.5 Å². The molecule has 10 heteroatoms. The third kappa shape index (κ3) is 6.67. The van der Waals surface area contributed by atoms with E-state index in [0.717, 1.165) is 27.6 Å². The number of para-hydroxylation sites is 1. The Balaban J connectivity index is 1.34. The predicted octanol–water partition coefficient (Wildman–Crippen LogP) is 6.26. The average Bonchev–Trinajstić information content (AvgIpc) is 3.07. The number of benzene rings is 4. The van der Waals surface area contributed by atoms with Crippen molar-refractivity contribution in [2.24, 2.45) is 0 Å². The number of hydrogen-bond donors (Lipinski definition) is 3. The molecule has 45 heavy (non-hydrogen) atoms. The minimum atomic E-state index is -0.925. The first-order valence-corrected chi connectivity index (χ1v) is 14.7. The lowest BCUT2D eigenvalue weighted by Crippen LogP contribution is -2.48. The number of aliphatic hydroxyl groups is 2. The molecule has 228 valence electrons. The maximum absolute atomic E-state index is 11.7. The van der Waals surface area contributed by atoms with Crippen LogP contribution in [0.4, 0.5) is 0 Å². The molecule has 6 rings (SSSR count). The molecule has 0 saturated carbocycles. The predicted molar refractivity (Wildman–Crippen MR) is 173 cm³/mol. The second kappa shape index (κ2) is 13.1. The maximum Gasteiger partial charge on any atom is 0.336 e. The van der Waals surface area contributed by atoms with E-state index in [2.05, 4.69) is 15.3 Å². The minimum absolute atomic E-state index is 0.150. The summed E-state index contributed by atoms with van der Waals surface area (Å²) in [4.78, 5) is 20.7. The van der Waals surface area contributed by atoms with Crippen molar-refractivity contribution in [1.82, 2.24) is 15.3 Å². The summed E-state index contributed by atoms with van der Waals surface area (Å²) in [6.45, 7) is 1.54. The Kier molecular flexibility index (Phi) is 8.77. The number of aromatic nitrogens is 2. The lowest BCUT2D eigenvalue weighted by atomic mass is 10.0. The summed E-state index contributed by atoms with van der Waals surface area (Å²) < 4.78 is 17.9. The molecule has 0 atom stereocenters. The number of rotatable bonds is 11. The summed E-state index contributed by atoms with van der Waals surface area (Å²) in [7, 11) is 0. The highest BCUT2D eigenvalue weighted by Crippen LogP contribution is 2.39. The van der Waals surface area contributed by atoms with Crippen LogP contribution in [0.2, 0.25) is 5.02 Å². The second-order valence-electron chi connectivity index (χ2n) is 10.9. The molecule has 0 spiro atoms. The van der Waals surface area contributed by atoms with Crippen LogP contribution in [-0.2, 0) is 13.2 Å². The highest BCUT2D eigenvalue weighted by Gasteiger charge is 2.23. The minimum Gasteiger partial charge on any atom is -0.488 e. The zero-order valence-corrected chi connectivity index (χ0v) is 25.1. The Labute approximate surface area is 263 Å². The fraction of sp³-hybridized carbons (Fsp3) is 0.171. The zero-order valence-electron chi connectivity index (χ0n) is 24.4. The molecule has 0 bridgehead atoms. The Morgan fingerprint density at radius 3 is 2.51 bits per heavy atom. The second-order valence-corrected chi connectivity index (χ2v) is 11.3. The molecule has 0 aliphatic carbocycles. The van der Waals surface area contributed by atoms with E-state index in [-0.39, 0.29) is 26.4 Å². The van der Waals surface area contributed by atoms with Crippen LogP contribution in [0.3, 0.4) is 0 Å². The zero-order chi connectivity index (χ0) is 31.4. The average molecular weight is 624 g/mol. The molecule has 9 nitrogen and oxygen atoms in total. The van der Waals surface area contributed by atoms with E-state index in [9.17, 15) is 15.0 Å². The van der Waals surface area contributed by atoms with E-state index < -0.39 is 11.2 Å². The molecule has 3 N–H and O–H groups in total. The molecule has 4 aromatic carbocycles. The van der Waals surface area contributed by atoms with Crippen molar-refractivity contribution in [2.75, 3.05) is 13.2 Å². The van der Waals surface area contributed by atoms with Crippen LogP contribution < -0.4 is 20.4 Å². The molecule has 2 aromatic heterocycles. The maximum atomic E-state index is 11.7. The van der Waals surface area contributed by atoms with Gasteiger partial charge < -0.3 is 29.4 Å². The van der Waals surface area contributed by atoms with Crippen LogP contribution >= 0.6 is 11.6 Å². The first-order valence-electron chi connectivity index (χ1n) is 14.3. The van der Waals surface area contributed by atoms with Gasteiger partial charge in [-0.05, 0) is 42.3 Å². The van der Waals surface area contributed by atoms with Gasteiger partial charge in [0.1, 0.15) is 24.3 Å². The quantitative estimate of drug-likeness (QED) is 0.143. The number of fused-ring (bicyclic) bond motifs is 2. The molecule has 0 saturated heterocycles. The van der Waals surface area contributed by atoms with Gasteiger partial charge in [-0.2, -0.15) is 0 Å².